The number of benzene rings is 1. The number of hydrogen-bond acceptors (Lipinski definition) is 1. The molecule has 0 aliphatic rings. The van der Waals surface area contributed by atoms with Crippen LogP contribution in [0.25, 0.3) is 0 Å². The molecule has 0 amide bonds. The molecular formula is C13H18BrFO. The second-order valence-electron chi connectivity index (χ2n) is 4.11. The Morgan fingerprint density at radius 3 is 2.81 bits per heavy atom. The molecule has 0 aliphatic carbocycles. The molecule has 0 N–H and O–H groups in total. The maximum absolute atomic E-state index is 13.5. The summed E-state index contributed by atoms with van der Waals surface area (Å²) in [6.45, 7) is 4.50. The van der Waals surface area contributed by atoms with Crippen LogP contribution >= 0.6 is 15.9 Å². The molecule has 1 aromatic carbocycles. The highest BCUT2D eigenvalue weighted by molar-refractivity contribution is 9.09. The van der Waals surface area contributed by atoms with Crippen LogP contribution in [0.1, 0.15) is 25.3 Å². The van der Waals surface area contributed by atoms with Crippen LogP contribution in [-0.2, 0) is 0 Å². The van der Waals surface area contributed by atoms with E-state index in [2.05, 4.69) is 22.9 Å². The van der Waals surface area contributed by atoms with E-state index in [1.807, 2.05) is 6.07 Å². The molecule has 16 heavy (non-hydrogen) atoms. The van der Waals surface area contributed by atoms with Crippen LogP contribution in [-0.4, -0.2) is 11.9 Å². The third-order valence-corrected chi connectivity index (χ3v) is 3.08. The Morgan fingerprint density at radius 1 is 1.38 bits per heavy atom. The summed E-state index contributed by atoms with van der Waals surface area (Å²) in [7, 11) is 0. The minimum Gasteiger partial charge on any atom is -0.490 e. The Bertz CT molecular complexity index is 328. The van der Waals surface area contributed by atoms with Gasteiger partial charge in [0, 0.05) is 5.33 Å². The lowest BCUT2D eigenvalue weighted by atomic mass is 10.1. The molecular weight excluding hydrogens is 271 g/mol. The smallest absolute Gasteiger partial charge is 0.167 e. The summed E-state index contributed by atoms with van der Waals surface area (Å²) >= 11 is 3.41. The number of hydrogen-bond donors (Lipinski definition) is 0. The van der Waals surface area contributed by atoms with Crippen LogP contribution in [0.2, 0.25) is 0 Å². The van der Waals surface area contributed by atoms with E-state index in [0.29, 0.717) is 23.8 Å². The number of aryl methyl sites for hydroxylation is 1. The van der Waals surface area contributed by atoms with E-state index in [0.717, 1.165) is 18.2 Å². The summed E-state index contributed by atoms with van der Waals surface area (Å²) in [5, 5.41) is 1.01. The van der Waals surface area contributed by atoms with Crippen molar-refractivity contribution in [2.45, 2.75) is 26.7 Å². The van der Waals surface area contributed by atoms with E-state index < -0.39 is 0 Å². The largest absolute Gasteiger partial charge is 0.490 e. The molecule has 0 radical (unpaired) electrons. The average Bonchev–Trinajstić information content (AvgIpc) is 2.25. The topological polar surface area (TPSA) is 9.23 Å². The van der Waals surface area contributed by atoms with Gasteiger partial charge in [0.15, 0.2) is 11.6 Å². The van der Waals surface area contributed by atoms with E-state index in [4.69, 9.17) is 4.74 Å². The second kappa shape index (κ2) is 6.89. The normalized spacial score (nSPS) is 12.5. The third-order valence-electron chi connectivity index (χ3n) is 2.63. The first-order valence-corrected chi connectivity index (χ1v) is 6.71. The minimum absolute atomic E-state index is 0.240. The van der Waals surface area contributed by atoms with Gasteiger partial charge in [-0.2, -0.15) is 0 Å². The van der Waals surface area contributed by atoms with Crippen LogP contribution < -0.4 is 4.74 Å². The van der Waals surface area contributed by atoms with Crippen molar-refractivity contribution in [1.82, 2.24) is 0 Å². The second-order valence-corrected chi connectivity index (χ2v) is 4.90. The first kappa shape index (κ1) is 13.5. The Balaban J connectivity index is 2.40. The van der Waals surface area contributed by atoms with E-state index in [9.17, 15) is 4.39 Å². The lowest BCUT2D eigenvalue weighted by Crippen LogP contribution is -2.05. The zero-order chi connectivity index (χ0) is 12.0. The predicted molar refractivity (Wildman–Crippen MR) is 68.8 cm³/mol. The maximum Gasteiger partial charge on any atom is 0.167 e. The van der Waals surface area contributed by atoms with Gasteiger partial charge in [-0.05, 0) is 37.3 Å². The molecule has 90 valence electrons. The first-order chi connectivity index (χ1) is 7.65. The van der Waals surface area contributed by atoms with Crippen molar-refractivity contribution in [2.75, 3.05) is 11.9 Å². The molecule has 3 heteroatoms. The SMILES string of the molecule is Cc1cccc(OCCC(C)CCBr)c1F. The molecule has 1 atom stereocenters. The van der Waals surface area contributed by atoms with Crippen molar-refractivity contribution in [3.05, 3.63) is 29.6 Å². The average molecular weight is 289 g/mol. The summed E-state index contributed by atoms with van der Waals surface area (Å²) in [6.07, 6.45) is 2.08. The quantitative estimate of drug-likeness (QED) is 0.708. The Labute approximate surface area is 105 Å². The van der Waals surface area contributed by atoms with Gasteiger partial charge in [-0.1, -0.05) is 35.0 Å². The standard InChI is InChI=1S/C13H18BrFO/c1-10(6-8-14)7-9-16-12-5-3-4-11(2)13(12)15/h3-5,10H,6-9H2,1-2H3. The van der Waals surface area contributed by atoms with Gasteiger partial charge in [0.1, 0.15) is 0 Å². The maximum atomic E-state index is 13.5. The monoisotopic (exact) mass is 288 g/mol. The van der Waals surface area contributed by atoms with Gasteiger partial charge in [0.05, 0.1) is 6.61 Å². The van der Waals surface area contributed by atoms with Gasteiger partial charge in [-0.15, -0.1) is 0 Å². The van der Waals surface area contributed by atoms with E-state index >= 15 is 0 Å². The summed E-state index contributed by atoms with van der Waals surface area (Å²) in [5.41, 5.74) is 0.631. The molecule has 0 saturated heterocycles. The zero-order valence-electron chi connectivity index (χ0n) is 9.80. The van der Waals surface area contributed by atoms with Crippen molar-refractivity contribution in [1.29, 1.82) is 0 Å². The van der Waals surface area contributed by atoms with Crippen molar-refractivity contribution < 1.29 is 9.13 Å². The molecule has 1 aromatic rings. The lowest BCUT2D eigenvalue weighted by Gasteiger charge is -2.11. The van der Waals surface area contributed by atoms with Crippen molar-refractivity contribution in [3.8, 4) is 5.75 Å². The molecule has 0 fully saturated rings. The molecule has 1 rings (SSSR count). The van der Waals surface area contributed by atoms with Crippen LogP contribution in [0.4, 0.5) is 4.39 Å². The molecule has 1 unspecified atom stereocenters. The molecule has 0 saturated carbocycles. The Kier molecular flexibility index (Phi) is 5.81. The molecule has 0 aromatic heterocycles. The van der Waals surface area contributed by atoms with Gasteiger partial charge >= 0.3 is 0 Å². The Morgan fingerprint density at radius 2 is 2.12 bits per heavy atom. The highest BCUT2D eigenvalue weighted by Crippen LogP contribution is 2.20. The molecule has 1 nitrogen and oxygen atoms in total. The molecule has 0 bridgehead atoms. The number of ether oxygens (including phenoxy) is 1. The third kappa shape index (κ3) is 4.12. The van der Waals surface area contributed by atoms with Gasteiger partial charge in [0.25, 0.3) is 0 Å². The predicted octanol–water partition coefficient (Wildman–Crippen LogP) is 4.32. The van der Waals surface area contributed by atoms with E-state index in [-0.39, 0.29) is 5.82 Å². The fraction of sp³-hybridized carbons (Fsp3) is 0.538. The van der Waals surface area contributed by atoms with Crippen LogP contribution in [0, 0.1) is 18.7 Å². The van der Waals surface area contributed by atoms with Crippen LogP contribution in [0.15, 0.2) is 18.2 Å². The summed E-state index contributed by atoms with van der Waals surface area (Å²) in [6, 6.07) is 5.24. The van der Waals surface area contributed by atoms with Gasteiger partial charge in [-0.25, -0.2) is 4.39 Å². The minimum atomic E-state index is -0.240. The molecule has 0 heterocycles. The number of halogens is 2. The van der Waals surface area contributed by atoms with Gasteiger partial charge < -0.3 is 4.74 Å². The summed E-state index contributed by atoms with van der Waals surface area (Å²) in [5.74, 6) is 0.730. The fourth-order valence-electron chi connectivity index (χ4n) is 1.43. The zero-order valence-corrected chi connectivity index (χ0v) is 11.4. The molecule has 0 spiro atoms. The fourth-order valence-corrected chi connectivity index (χ4v) is 2.21. The Hall–Kier alpha value is -0.570. The van der Waals surface area contributed by atoms with Crippen molar-refractivity contribution >= 4 is 15.9 Å². The number of alkyl halides is 1. The lowest BCUT2D eigenvalue weighted by molar-refractivity contribution is 0.270. The highest BCUT2D eigenvalue weighted by Gasteiger charge is 2.06. The first-order valence-electron chi connectivity index (χ1n) is 5.59. The van der Waals surface area contributed by atoms with Crippen molar-refractivity contribution in [2.24, 2.45) is 5.92 Å². The molecule has 0 aliphatic heterocycles. The van der Waals surface area contributed by atoms with Crippen LogP contribution in [0.5, 0.6) is 5.75 Å². The van der Waals surface area contributed by atoms with E-state index in [1.165, 1.54) is 0 Å². The van der Waals surface area contributed by atoms with Gasteiger partial charge in [-0.3, -0.25) is 0 Å². The van der Waals surface area contributed by atoms with Gasteiger partial charge in [0.2, 0.25) is 0 Å². The van der Waals surface area contributed by atoms with E-state index in [1.54, 1.807) is 19.1 Å². The summed E-state index contributed by atoms with van der Waals surface area (Å²) < 4.78 is 19.0. The summed E-state index contributed by atoms with van der Waals surface area (Å²) in [4.78, 5) is 0. The van der Waals surface area contributed by atoms with Crippen molar-refractivity contribution in [3.63, 3.8) is 0 Å². The number of rotatable bonds is 6. The van der Waals surface area contributed by atoms with Crippen LogP contribution in [0.3, 0.4) is 0 Å². The highest BCUT2D eigenvalue weighted by atomic mass is 79.9.